The number of hydrogen-bond acceptors (Lipinski definition) is 10. The van der Waals surface area contributed by atoms with E-state index in [1.165, 1.54) is 18.3 Å². The summed E-state index contributed by atoms with van der Waals surface area (Å²) >= 11 is 0. The third-order valence-corrected chi connectivity index (χ3v) is 7.07. The minimum absolute atomic E-state index is 0.101. The van der Waals surface area contributed by atoms with Crippen LogP contribution in [-0.4, -0.2) is 38.3 Å². The first-order valence-electron chi connectivity index (χ1n) is 10.9. The zero-order valence-corrected chi connectivity index (χ0v) is 21.6. The van der Waals surface area contributed by atoms with Crippen molar-refractivity contribution < 1.29 is 16.8 Å². The van der Waals surface area contributed by atoms with Gasteiger partial charge in [0.25, 0.3) is 0 Å². The number of aromatic nitrogens is 1. The maximum absolute atomic E-state index is 12.2. The van der Waals surface area contributed by atoms with Crippen LogP contribution in [0.1, 0.15) is 47.5 Å². The molecule has 33 heavy (non-hydrogen) atoms. The monoisotopic (exact) mass is 494 g/mol. The Labute approximate surface area is 198 Å². The van der Waals surface area contributed by atoms with E-state index in [1.54, 1.807) is 13.0 Å². The number of benzene rings is 1. The molecule has 0 aliphatic rings. The third kappa shape index (κ3) is 7.58. The van der Waals surface area contributed by atoms with Gasteiger partial charge in [0.05, 0.1) is 10.6 Å². The first kappa shape index (κ1) is 26.9. The largest absolute Gasteiger partial charge is 0.439 e. The number of azo groups is 1. The summed E-state index contributed by atoms with van der Waals surface area (Å²) in [5, 5.41) is 8.32. The molecule has 1 heterocycles. The summed E-state index contributed by atoms with van der Waals surface area (Å²) in [4.78, 5) is 6.45. The van der Waals surface area contributed by atoms with Crippen LogP contribution in [0.5, 0.6) is 0 Å². The standard InChI is InChI=1S/C22H32N5O4S2/c1-7-16(4)27(17(5)8-2)18-10-12-20(21(14-18)26-32(28)31-9-3)24-25-22-13-11-19(15-23-22)33(6,29)30/h10-17H,7-9H2,1-6H3/q-1. The molecule has 1 aromatic heterocycles. The lowest BCUT2D eigenvalue weighted by Gasteiger charge is -2.36. The van der Waals surface area contributed by atoms with Crippen LogP contribution in [0, 0.1) is 0 Å². The molecule has 1 aromatic carbocycles. The minimum Gasteiger partial charge on any atom is -0.439 e. The van der Waals surface area contributed by atoms with Crippen molar-refractivity contribution in [1.82, 2.24) is 4.98 Å². The molecular formula is C22H32N5O4S2-. The molecular weight excluding hydrogens is 462 g/mol. The van der Waals surface area contributed by atoms with Gasteiger partial charge in [-0.15, -0.1) is 10.2 Å². The molecule has 0 spiro atoms. The number of sulfone groups is 1. The van der Waals surface area contributed by atoms with E-state index in [0.717, 1.165) is 24.8 Å². The molecule has 2 rings (SSSR count). The van der Waals surface area contributed by atoms with Crippen LogP contribution in [0.4, 0.5) is 22.9 Å². The summed E-state index contributed by atoms with van der Waals surface area (Å²) < 4.78 is 44.7. The minimum atomic E-state index is -3.35. The maximum atomic E-state index is 12.2. The Morgan fingerprint density at radius 1 is 1.03 bits per heavy atom. The topological polar surface area (TPSA) is 114 Å². The van der Waals surface area contributed by atoms with Crippen LogP contribution in [0.15, 0.2) is 56.0 Å². The third-order valence-electron chi connectivity index (χ3n) is 5.19. The van der Waals surface area contributed by atoms with Gasteiger partial charge in [-0.2, -0.15) is 0 Å². The van der Waals surface area contributed by atoms with E-state index in [4.69, 9.17) is 4.18 Å². The zero-order valence-electron chi connectivity index (χ0n) is 19.9. The number of hydrogen-bond donors (Lipinski definition) is 0. The van der Waals surface area contributed by atoms with Gasteiger partial charge in [0, 0.05) is 36.8 Å². The molecule has 0 fully saturated rings. The predicted octanol–water partition coefficient (Wildman–Crippen LogP) is 6.03. The first-order chi connectivity index (χ1) is 15.6. The fraction of sp³-hybridized carbons (Fsp3) is 0.500. The van der Waals surface area contributed by atoms with Gasteiger partial charge in [0.15, 0.2) is 15.7 Å². The Kier molecular flexibility index (Phi) is 9.93. The van der Waals surface area contributed by atoms with Crippen LogP contribution in [0.3, 0.4) is 0 Å². The average Bonchev–Trinajstić information content (AvgIpc) is 2.78. The van der Waals surface area contributed by atoms with Gasteiger partial charge < -0.3 is 17.7 Å². The van der Waals surface area contributed by atoms with Gasteiger partial charge in [-0.05, 0) is 63.9 Å². The molecule has 0 N–H and O–H groups in total. The molecule has 0 radical (unpaired) electrons. The maximum Gasteiger partial charge on any atom is 0.177 e. The fourth-order valence-electron chi connectivity index (χ4n) is 3.13. The van der Waals surface area contributed by atoms with E-state index >= 15 is 0 Å². The van der Waals surface area contributed by atoms with Crippen molar-refractivity contribution in [1.29, 1.82) is 0 Å². The lowest BCUT2D eigenvalue weighted by Crippen LogP contribution is -2.39. The number of nitrogens with zero attached hydrogens (tertiary/aromatic N) is 5. The van der Waals surface area contributed by atoms with Gasteiger partial charge >= 0.3 is 0 Å². The highest BCUT2D eigenvalue weighted by Crippen LogP contribution is 2.35. The second-order valence-corrected chi connectivity index (χ2v) is 10.5. The summed E-state index contributed by atoms with van der Waals surface area (Å²) in [5.41, 5.74) is 1.72. The van der Waals surface area contributed by atoms with Crippen molar-refractivity contribution in [3.05, 3.63) is 36.5 Å². The van der Waals surface area contributed by atoms with Crippen molar-refractivity contribution in [2.45, 2.75) is 64.4 Å². The highest BCUT2D eigenvalue weighted by Gasteiger charge is 2.19. The molecule has 0 aliphatic heterocycles. The number of anilines is 1. The van der Waals surface area contributed by atoms with E-state index in [-0.39, 0.29) is 17.3 Å². The van der Waals surface area contributed by atoms with Gasteiger partial charge in [-0.1, -0.05) is 24.7 Å². The Balaban J connectivity index is 2.49. The molecule has 2 atom stereocenters. The lowest BCUT2D eigenvalue weighted by molar-refractivity contribution is 0.369. The second kappa shape index (κ2) is 12.2. The summed E-state index contributed by atoms with van der Waals surface area (Å²) in [6.07, 6.45) is 4.29. The van der Waals surface area contributed by atoms with Crippen molar-refractivity contribution in [3.8, 4) is 0 Å². The van der Waals surface area contributed by atoms with Crippen LogP contribution in [0.2, 0.25) is 0 Å². The highest BCUT2D eigenvalue weighted by atomic mass is 32.2. The first-order valence-corrected chi connectivity index (χ1v) is 13.8. The lowest BCUT2D eigenvalue weighted by atomic mass is 10.1. The normalized spacial score (nSPS) is 15.0. The van der Waals surface area contributed by atoms with Crippen LogP contribution < -0.4 is 4.90 Å². The number of rotatable bonds is 11. The fourth-order valence-corrected chi connectivity index (χ4v) is 4.25. The molecule has 9 nitrogen and oxygen atoms in total. The van der Waals surface area contributed by atoms with E-state index in [2.05, 4.69) is 52.2 Å². The van der Waals surface area contributed by atoms with Crippen LogP contribution in [-0.2, 0) is 29.1 Å². The Hall–Kier alpha value is -2.37. The highest BCUT2D eigenvalue weighted by molar-refractivity contribution is 7.90. The smallest absolute Gasteiger partial charge is 0.177 e. The molecule has 0 saturated heterocycles. The molecule has 0 saturated carbocycles. The van der Waals surface area contributed by atoms with Crippen molar-refractivity contribution >= 4 is 43.6 Å². The summed E-state index contributed by atoms with van der Waals surface area (Å²) in [6, 6.07) is 9.04. The second-order valence-electron chi connectivity index (χ2n) is 7.63. The zero-order chi connectivity index (χ0) is 24.6. The quantitative estimate of drug-likeness (QED) is 0.278. The van der Waals surface area contributed by atoms with E-state index in [9.17, 15) is 12.6 Å². The van der Waals surface area contributed by atoms with E-state index in [1.807, 2.05) is 12.1 Å². The summed E-state index contributed by atoms with van der Waals surface area (Å²) in [6.45, 7) is 10.6. The Bertz CT molecular complexity index is 1130. The SMILES string of the molecule is CCO[S-](=O)=Nc1cc(N(C(C)CC)C(C)CC)ccc1N=Nc1ccc(S(C)(=O)=O)cn1. The molecule has 182 valence electrons. The van der Waals surface area contributed by atoms with E-state index < -0.39 is 20.7 Å². The van der Waals surface area contributed by atoms with Crippen LogP contribution in [0.25, 0.3) is 0 Å². The Morgan fingerprint density at radius 2 is 1.70 bits per heavy atom. The van der Waals surface area contributed by atoms with Gasteiger partial charge in [-0.25, -0.2) is 13.4 Å². The summed E-state index contributed by atoms with van der Waals surface area (Å²) in [5.74, 6) is 0.240. The summed E-state index contributed by atoms with van der Waals surface area (Å²) in [7, 11) is -5.21. The van der Waals surface area contributed by atoms with E-state index in [0.29, 0.717) is 23.5 Å². The molecule has 11 heteroatoms. The van der Waals surface area contributed by atoms with Gasteiger partial charge in [0.1, 0.15) is 5.69 Å². The number of pyridine rings is 1. The van der Waals surface area contributed by atoms with Crippen LogP contribution >= 0.6 is 0 Å². The van der Waals surface area contributed by atoms with Crippen molar-refractivity contribution in [2.75, 3.05) is 17.8 Å². The molecule has 2 unspecified atom stereocenters. The van der Waals surface area contributed by atoms with Crippen molar-refractivity contribution in [2.24, 2.45) is 14.6 Å². The molecule has 0 bridgehead atoms. The van der Waals surface area contributed by atoms with Crippen molar-refractivity contribution in [3.63, 3.8) is 0 Å². The van der Waals surface area contributed by atoms with Gasteiger partial charge in [-0.3, -0.25) is 0 Å². The molecule has 0 amide bonds. The molecule has 2 aromatic rings. The predicted molar refractivity (Wildman–Crippen MR) is 132 cm³/mol. The van der Waals surface area contributed by atoms with Gasteiger partial charge in [0.2, 0.25) is 0 Å². The Morgan fingerprint density at radius 3 is 2.21 bits per heavy atom. The average molecular weight is 495 g/mol. The molecule has 0 aliphatic carbocycles.